The lowest BCUT2D eigenvalue weighted by molar-refractivity contribution is 0.137. The predicted molar refractivity (Wildman–Crippen MR) is 147 cm³/mol. The third kappa shape index (κ3) is 5.60. The highest BCUT2D eigenvalue weighted by Gasteiger charge is 2.33. The Kier molecular flexibility index (Phi) is 8.40. The zero-order valence-electron chi connectivity index (χ0n) is 21.9. The van der Waals surface area contributed by atoms with Crippen LogP contribution in [0, 0.1) is 22.6 Å². The number of halogens is 1. The van der Waals surface area contributed by atoms with E-state index < -0.39 is 5.82 Å². The summed E-state index contributed by atoms with van der Waals surface area (Å²) in [4.78, 5) is 18.0. The van der Waals surface area contributed by atoms with E-state index in [0.717, 1.165) is 45.1 Å². The van der Waals surface area contributed by atoms with Gasteiger partial charge in [0.05, 0.1) is 22.9 Å². The number of nitrogens with one attached hydrogen (secondary N) is 1. The topological polar surface area (TPSA) is 83.2 Å². The number of anilines is 1. The SMILES string of the molecule is CCN(C)SNc1ccc(F)c(Oc2ccc3ncn(C4CCC(CC)(CC)CC4)c(=O)c3c2)c1C#N. The van der Waals surface area contributed by atoms with Crippen molar-refractivity contribution in [2.24, 2.45) is 5.41 Å². The van der Waals surface area contributed by atoms with Crippen LogP contribution >= 0.6 is 12.1 Å². The summed E-state index contributed by atoms with van der Waals surface area (Å²) in [5.41, 5.74) is 1.30. The number of fused-ring (bicyclic) bond motifs is 1. The summed E-state index contributed by atoms with van der Waals surface area (Å²) in [5, 5.41) is 10.2. The summed E-state index contributed by atoms with van der Waals surface area (Å²) < 4.78 is 27.4. The molecule has 37 heavy (non-hydrogen) atoms. The Labute approximate surface area is 221 Å². The maximum Gasteiger partial charge on any atom is 0.261 e. The Bertz CT molecular complexity index is 1360. The Morgan fingerprint density at radius 1 is 1.24 bits per heavy atom. The Morgan fingerprint density at radius 2 is 1.97 bits per heavy atom. The van der Waals surface area contributed by atoms with Gasteiger partial charge in [0.25, 0.3) is 5.56 Å². The van der Waals surface area contributed by atoms with Gasteiger partial charge in [-0.05, 0) is 68.5 Å². The van der Waals surface area contributed by atoms with E-state index in [4.69, 9.17) is 4.74 Å². The zero-order chi connectivity index (χ0) is 26.6. The lowest BCUT2D eigenvalue weighted by Gasteiger charge is -2.39. The van der Waals surface area contributed by atoms with Crippen LogP contribution in [-0.4, -0.2) is 27.4 Å². The van der Waals surface area contributed by atoms with Crippen LogP contribution in [0.15, 0.2) is 41.5 Å². The van der Waals surface area contributed by atoms with Gasteiger partial charge in [0.2, 0.25) is 0 Å². The Morgan fingerprint density at radius 3 is 2.62 bits per heavy atom. The molecular formula is C28H34FN5O2S. The third-order valence-electron chi connectivity index (χ3n) is 7.86. The molecule has 4 rings (SSSR count). The first-order valence-electron chi connectivity index (χ1n) is 12.9. The molecule has 0 radical (unpaired) electrons. The second kappa shape index (κ2) is 11.5. The van der Waals surface area contributed by atoms with Crippen LogP contribution in [-0.2, 0) is 0 Å². The van der Waals surface area contributed by atoms with Gasteiger partial charge < -0.3 is 9.46 Å². The molecule has 0 atom stereocenters. The number of hydrogen-bond acceptors (Lipinski definition) is 7. The van der Waals surface area contributed by atoms with Crippen LogP contribution < -0.4 is 15.0 Å². The molecule has 1 N–H and O–H groups in total. The minimum atomic E-state index is -0.655. The molecule has 3 aromatic rings. The summed E-state index contributed by atoms with van der Waals surface area (Å²) in [7, 11) is 1.90. The van der Waals surface area contributed by atoms with Gasteiger partial charge in [0.1, 0.15) is 17.4 Å². The highest BCUT2D eigenvalue weighted by Crippen LogP contribution is 2.45. The molecule has 0 saturated heterocycles. The minimum absolute atomic E-state index is 0.0539. The van der Waals surface area contributed by atoms with E-state index in [-0.39, 0.29) is 28.7 Å². The van der Waals surface area contributed by atoms with Crippen LogP contribution in [0.1, 0.15) is 70.9 Å². The van der Waals surface area contributed by atoms with E-state index in [1.165, 1.54) is 24.3 Å². The zero-order valence-corrected chi connectivity index (χ0v) is 22.7. The van der Waals surface area contributed by atoms with E-state index in [0.29, 0.717) is 22.0 Å². The largest absolute Gasteiger partial charge is 0.453 e. The van der Waals surface area contributed by atoms with Gasteiger partial charge in [-0.2, -0.15) is 5.26 Å². The fourth-order valence-corrected chi connectivity index (χ4v) is 5.60. The molecule has 0 bridgehead atoms. The standard InChI is InChI=1S/C28H34FN5O2S/c1-5-28(6-2)14-12-19(13-15-28)34-18-31-24-10-8-20(16-21(24)27(34)35)36-26-22(17-30)25(11-9-23(26)29)32-37-33(4)7-3/h8-11,16,18-19,32H,5-7,12-15H2,1-4H3. The molecule has 0 unspecified atom stereocenters. The second-order valence-corrected chi connectivity index (χ2v) is 10.7. The highest BCUT2D eigenvalue weighted by atomic mass is 32.2. The second-order valence-electron chi connectivity index (χ2n) is 9.72. The van der Waals surface area contributed by atoms with Gasteiger partial charge in [0.15, 0.2) is 11.6 Å². The molecule has 0 spiro atoms. The summed E-state index contributed by atoms with van der Waals surface area (Å²) in [6.45, 7) is 7.29. The fourth-order valence-electron chi connectivity index (χ4n) is 5.05. The van der Waals surface area contributed by atoms with Gasteiger partial charge >= 0.3 is 0 Å². The molecule has 1 heterocycles. The molecule has 7 nitrogen and oxygen atoms in total. The number of ether oxygens (including phenoxy) is 1. The molecule has 1 fully saturated rings. The molecule has 1 aliphatic rings. The summed E-state index contributed by atoms with van der Waals surface area (Å²) in [5.74, 6) is -0.564. The number of hydrogen-bond donors (Lipinski definition) is 1. The lowest BCUT2D eigenvalue weighted by atomic mass is 9.69. The van der Waals surface area contributed by atoms with Crippen molar-refractivity contribution in [1.29, 1.82) is 5.26 Å². The van der Waals surface area contributed by atoms with Crippen LogP contribution in [0.4, 0.5) is 10.1 Å². The summed E-state index contributed by atoms with van der Waals surface area (Å²) in [6.07, 6.45) is 8.08. The van der Waals surface area contributed by atoms with E-state index in [1.54, 1.807) is 29.1 Å². The first-order valence-corrected chi connectivity index (χ1v) is 13.7. The van der Waals surface area contributed by atoms with Crippen LogP contribution in [0.5, 0.6) is 11.5 Å². The fraction of sp³-hybridized carbons (Fsp3) is 0.464. The molecular weight excluding hydrogens is 489 g/mol. The third-order valence-corrected chi connectivity index (χ3v) is 8.74. The van der Waals surface area contributed by atoms with Crippen molar-refractivity contribution in [2.75, 3.05) is 18.3 Å². The van der Waals surface area contributed by atoms with E-state index in [9.17, 15) is 14.4 Å². The van der Waals surface area contributed by atoms with Crippen molar-refractivity contribution in [2.45, 2.75) is 65.3 Å². The number of aromatic nitrogens is 2. The Hall–Kier alpha value is -3.09. The van der Waals surface area contributed by atoms with Crippen molar-refractivity contribution < 1.29 is 9.13 Å². The van der Waals surface area contributed by atoms with Gasteiger partial charge in [0, 0.05) is 24.7 Å². The van der Waals surface area contributed by atoms with Crippen LogP contribution in [0.2, 0.25) is 0 Å². The molecule has 9 heteroatoms. The van der Waals surface area contributed by atoms with Gasteiger partial charge in [-0.3, -0.25) is 9.36 Å². The monoisotopic (exact) mass is 523 g/mol. The average Bonchev–Trinajstić information content (AvgIpc) is 2.93. The van der Waals surface area contributed by atoms with Gasteiger partial charge in [-0.25, -0.2) is 13.7 Å². The molecule has 0 amide bonds. The van der Waals surface area contributed by atoms with E-state index in [2.05, 4.69) is 23.6 Å². The molecule has 0 aliphatic heterocycles. The highest BCUT2D eigenvalue weighted by molar-refractivity contribution is 7.98. The minimum Gasteiger partial charge on any atom is -0.453 e. The van der Waals surface area contributed by atoms with Crippen molar-refractivity contribution in [3.63, 3.8) is 0 Å². The smallest absolute Gasteiger partial charge is 0.261 e. The van der Waals surface area contributed by atoms with Gasteiger partial charge in [-0.1, -0.05) is 33.6 Å². The average molecular weight is 524 g/mol. The molecule has 1 saturated carbocycles. The molecule has 1 aromatic heterocycles. The van der Waals surface area contributed by atoms with Gasteiger partial charge in [-0.15, -0.1) is 0 Å². The van der Waals surface area contributed by atoms with E-state index in [1.807, 2.05) is 24.3 Å². The lowest BCUT2D eigenvalue weighted by Crippen LogP contribution is -2.32. The van der Waals surface area contributed by atoms with Crippen molar-refractivity contribution >= 4 is 28.7 Å². The van der Waals surface area contributed by atoms with Crippen molar-refractivity contribution in [1.82, 2.24) is 13.9 Å². The van der Waals surface area contributed by atoms with Crippen molar-refractivity contribution in [3.05, 3.63) is 58.4 Å². The van der Waals surface area contributed by atoms with Crippen LogP contribution in [0.3, 0.4) is 0 Å². The number of benzene rings is 2. The molecule has 196 valence electrons. The number of nitrogens with zero attached hydrogens (tertiary/aromatic N) is 4. The number of rotatable bonds is 9. The predicted octanol–water partition coefficient (Wildman–Crippen LogP) is 7.05. The normalized spacial score (nSPS) is 15.6. The quantitative estimate of drug-likeness (QED) is 0.301. The summed E-state index contributed by atoms with van der Waals surface area (Å²) in [6, 6.07) is 9.85. The maximum atomic E-state index is 14.8. The first kappa shape index (κ1) is 27.0. The molecule has 2 aromatic carbocycles. The Balaban J connectivity index is 1.63. The maximum absolute atomic E-state index is 14.8. The van der Waals surface area contributed by atoms with E-state index >= 15 is 0 Å². The molecule has 1 aliphatic carbocycles. The first-order chi connectivity index (χ1) is 17.8. The summed E-state index contributed by atoms with van der Waals surface area (Å²) >= 11 is 1.30. The van der Waals surface area contributed by atoms with Crippen molar-refractivity contribution in [3.8, 4) is 17.6 Å². The number of nitriles is 1. The van der Waals surface area contributed by atoms with Crippen LogP contribution in [0.25, 0.3) is 10.9 Å².